The molecule has 0 fully saturated rings. The van der Waals surface area contributed by atoms with Crippen molar-refractivity contribution in [3.05, 3.63) is 29.3 Å². The first-order valence-electron chi connectivity index (χ1n) is 3.40. The Morgan fingerprint density at radius 1 is 1.50 bits per heavy atom. The van der Waals surface area contributed by atoms with Gasteiger partial charge in [-0.3, -0.25) is 4.79 Å². The molecule has 0 heterocycles. The fourth-order valence-corrected chi connectivity index (χ4v) is 1.09. The minimum atomic E-state index is 0.590. The lowest BCUT2D eigenvalue weighted by Gasteiger charge is -2.03. The molecular formula is C9H8O2S. The minimum absolute atomic E-state index is 0.590. The predicted octanol–water partition coefficient (Wildman–Crippen LogP) is 1.86. The van der Waals surface area contributed by atoms with Crippen molar-refractivity contribution < 1.29 is 9.53 Å². The summed E-state index contributed by atoms with van der Waals surface area (Å²) >= 11 is 4.76. The quantitative estimate of drug-likeness (QED) is 0.524. The maximum atomic E-state index is 10.4. The zero-order valence-electron chi connectivity index (χ0n) is 6.61. The zero-order chi connectivity index (χ0) is 8.97. The summed E-state index contributed by atoms with van der Waals surface area (Å²) in [6.45, 7) is 0. The third kappa shape index (κ3) is 1.68. The summed E-state index contributed by atoms with van der Waals surface area (Å²) < 4.78 is 5.02. The Balaban J connectivity index is 3.18. The van der Waals surface area contributed by atoms with Gasteiger partial charge in [-0.05, 0) is 12.1 Å². The molecule has 2 nitrogen and oxygen atoms in total. The molecule has 0 saturated heterocycles. The maximum Gasteiger partial charge on any atom is 0.150 e. The summed E-state index contributed by atoms with van der Waals surface area (Å²) in [5.41, 5.74) is 1.41. The monoisotopic (exact) mass is 180 g/mol. The molecule has 0 unspecified atom stereocenters. The van der Waals surface area contributed by atoms with E-state index in [1.165, 1.54) is 5.37 Å². The van der Waals surface area contributed by atoms with Crippen LogP contribution in [0.5, 0.6) is 5.75 Å². The molecular weight excluding hydrogens is 172 g/mol. The Labute approximate surface area is 76.2 Å². The normalized spacial score (nSPS) is 9.08. The third-order valence-corrected chi connectivity index (χ3v) is 1.77. The van der Waals surface area contributed by atoms with E-state index in [0.717, 1.165) is 11.8 Å². The lowest BCUT2D eigenvalue weighted by atomic mass is 10.1. The second kappa shape index (κ2) is 3.97. The molecule has 0 amide bonds. The molecule has 1 rings (SSSR count). The number of methoxy groups -OCH3 is 1. The van der Waals surface area contributed by atoms with E-state index >= 15 is 0 Å². The molecule has 1 aromatic carbocycles. The summed E-state index contributed by atoms with van der Waals surface area (Å²) in [5.74, 6) is 0.634. The van der Waals surface area contributed by atoms with E-state index in [1.807, 2.05) is 0 Å². The third-order valence-electron chi connectivity index (χ3n) is 1.52. The number of carbonyl (C=O) groups is 1. The highest BCUT2D eigenvalue weighted by atomic mass is 32.1. The van der Waals surface area contributed by atoms with Crippen LogP contribution in [-0.4, -0.2) is 18.8 Å². The van der Waals surface area contributed by atoms with Crippen LogP contribution < -0.4 is 4.74 Å². The van der Waals surface area contributed by atoms with Crippen LogP contribution in [0.3, 0.4) is 0 Å². The van der Waals surface area contributed by atoms with Gasteiger partial charge in [0.05, 0.1) is 7.11 Å². The van der Waals surface area contributed by atoms with Gasteiger partial charge in [-0.1, -0.05) is 18.3 Å². The number of hydrogen-bond acceptors (Lipinski definition) is 3. The first-order valence-corrected chi connectivity index (χ1v) is 3.87. The Morgan fingerprint density at radius 2 is 2.25 bits per heavy atom. The largest absolute Gasteiger partial charge is 0.496 e. The van der Waals surface area contributed by atoms with Crippen molar-refractivity contribution in [3.8, 4) is 5.75 Å². The van der Waals surface area contributed by atoms with Gasteiger partial charge in [-0.15, -0.1) is 0 Å². The first kappa shape index (κ1) is 8.87. The number of thiocarbonyl (C=S) groups is 1. The van der Waals surface area contributed by atoms with Crippen molar-refractivity contribution >= 4 is 23.9 Å². The van der Waals surface area contributed by atoms with Crippen LogP contribution in [0.15, 0.2) is 18.2 Å². The van der Waals surface area contributed by atoms with E-state index in [4.69, 9.17) is 17.0 Å². The lowest BCUT2D eigenvalue weighted by molar-refractivity contribution is 0.112. The zero-order valence-corrected chi connectivity index (χ0v) is 7.43. The second-order valence-corrected chi connectivity index (χ2v) is 2.47. The van der Waals surface area contributed by atoms with Crippen molar-refractivity contribution in [3.63, 3.8) is 0 Å². The Bertz CT molecular complexity index is 307. The van der Waals surface area contributed by atoms with Gasteiger partial charge >= 0.3 is 0 Å². The second-order valence-electron chi connectivity index (χ2n) is 2.24. The van der Waals surface area contributed by atoms with Crippen molar-refractivity contribution in [2.24, 2.45) is 0 Å². The first-order chi connectivity index (χ1) is 5.81. The maximum absolute atomic E-state index is 10.4. The average molecular weight is 180 g/mol. The topological polar surface area (TPSA) is 26.3 Å². The predicted molar refractivity (Wildman–Crippen MR) is 51.1 cm³/mol. The Kier molecular flexibility index (Phi) is 2.94. The average Bonchev–Trinajstić information content (AvgIpc) is 2.16. The number of carbonyl (C=O) groups excluding carboxylic acids is 1. The molecule has 0 aliphatic carbocycles. The summed E-state index contributed by atoms with van der Waals surface area (Å²) in [7, 11) is 1.55. The molecule has 0 atom stereocenters. The molecule has 0 N–H and O–H groups in total. The van der Waals surface area contributed by atoms with Crippen molar-refractivity contribution in [2.45, 2.75) is 0 Å². The molecule has 0 saturated carbocycles. The molecule has 0 aromatic heterocycles. The molecule has 0 radical (unpaired) electrons. The lowest BCUT2D eigenvalue weighted by Crippen LogP contribution is -1.91. The molecule has 0 aliphatic rings. The van der Waals surface area contributed by atoms with E-state index in [9.17, 15) is 4.79 Å². The van der Waals surface area contributed by atoms with Gasteiger partial charge in [0, 0.05) is 16.5 Å². The van der Waals surface area contributed by atoms with Crippen LogP contribution in [0, 0.1) is 0 Å². The van der Waals surface area contributed by atoms with Gasteiger partial charge < -0.3 is 4.74 Å². The van der Waals surface area contributed by atoms with E-state index < -0.39 is 0 Å². The molecule has 3 heteroatoms. The van der Waals surface area contributed by atoms with Gasteiger partial charge in [0.1, 0.15) is 12.0 Å². The van der Waals surface area contributed by atoms with Crippen LogP contribution in [0.2, 0.25) is 0 Å². The SMILES string of the molecule is COc1cc(C=O)ccc1C=S. The van der Waals surface area contributed by atoms with Crippen LogP contribution >= 0.6 is 12.2 Å². The van der Waals surface area contributed by atoms with Gasteiger partial charge in [-0.25, -0.2) is 0 Å². The molecule has 0 spiro atoms. The summed E-state index contributed by atoms with van der Waals surface area (Å²) in [5, 5.41) is 1.52. The molecule has 1 aromatic rings. The van der Waals surface area contributed by atoms with Crippen molar-refractivity contribution in [2.75, 3.05) is 7.11 Å². The number of hydrogen-bond donors (Lipinski definition) is 0. The van der Waals surface area contributed by atoms with Crippen LogP contribution in [0.4, 0.5) is 0 Å². The Morgan fingerprint density at radius 3 is 2.75 bits per heavy atom. The van der Waals surface area contributed by atoms with E-state index in [0.29, 0.717) is 11.3 Å². The fourth-order valence-electron chi connectivity index (χ4n) is 0.898. The van der Waals surface area contributed by atoms with Crippen molar-refractivity contribution in [1.82, 2.24) is 0 Å². The number of ether oxygens (including phenoxy) is 1. The van der Waals surface area contributed by atoms with Gasteiger partial charge in [0.15, 0.2) is 0 Å². The van der Waals surface area contributed by atoms with Gasteiger partial charge in [-0.2, -0.15) is 0 Å². The highest BCUT2D eigenvalue weighted by molar-refractivity contribution is 7.79. The molecule has 62 valence electrons. The van der Waals surface area contributed by atoms with Crippen LogP contribution in [-0.2, 0) is 0 Å². The summed E-state index contributed by atoms with van der Waals surface area (Å²) in [6.07, 6.45) is 0.773. The van der Waals surface area contributed by atoms with E-state index in [-0.39, 0.29) is 0 Å². The molecule has 0 aliphatic heterocycles. The van der Waals surface area contributed by atoms with Crippen LogP contribution in [0.1, 0.15) is 15.9 Å². The highest BCUT2D eigenvalue weighted by Crippen LogP contribution is 2.17. The van der Waals surface area contributed by atoms with Gasteiger partial charge in [0.2, 0.25) is 0 Å². The number of benzene rings is 1. The summed E-state index contributed by atoms with van der Waals surface area (Å²) in [6, 6.07) is 5.12. The van der Waals surface area contributed by atoms with E-state index in [1.54, 1.807) is 25.3 Å². The smallest absolute Gasteiger partial charge is 0.150 e. The molecule has 0 bridgehead atoms. The summed E-state index contributed by atoms with van der Waals surface area (Å²) in [4.78, 5) is 10.4. The highest BCUT2D eigenvalue weighted by Gasteiger charge is 2.00. The molecule has 12 heavy (non-hydrogen) atoms. The minimum Gasteiger partial charge on any atom is -0.496 e. The standard InChI is InChI=1S/C9H8O2S/c1-11-9-4-7(5-10)2-3-8(9)6-12/h2-6H,1H3. The number of aldehydes is 1. The fraction of sp³-hybridized carbons (Fsp3) is 0.111. The van der Waals surface area contributed by atoms with E-state index in [2.05, 4.69) is 0 Å². The Hall–Kier alpha value is -1.22. The van der Waals surface area contributed by atoms with Crippen LogP contribution in [0.25, 0.3) is 0 Å². The number of rotatable bonds is 3. The van der Waals surface area contributed by atoms with Crippen molar-refractivity contribution in [1.29, 1.82) is 0 Å². The van der Waals surface area contributed by atoms with Gasteiger partial charge in [0.25, 0.3) is 0 Å².